The van der Waals surface area contributed by atoms with Crippen molar-refractivity contribution in [2.45, 2.75) is 6.32 Å². The molecule has 0 saturated heterocycles. The van der Waals surface area contributed by atoms with Crippen molar-refractivity contribution in [1.29, 1.82) is 0 Å². The molecule has 0 radical (unpaired) electrons. The summed E-state index contributed by atoms with van der Waals surface area (Å²) in [7, 11) is 1.71. The third-order valence-electron chi connectivity index (χ3n) is 1.78. The maximum Gasteiger partial charge on any atom is 0.336 e. The summed E-state index contributed by atoms with van der Waals surface area (Å²) in [6, 6.07) is 6.24. The molecule has 0 amide bonds. The number of rotatable bonds is 3. The van der Waals surface area contributed by atoms with E-state index in [4.69, 9.17) is 5.11 Å². The molecule has 0 heterocycles. The molecule has 0 atom stereocenters. The summed E-state index contributed by atoms with van der Waals surface area (Å²) in [5.74, 6) is -1.20. The van der Waals surface area contributed by atoms with Crippen LogP contribution in [0.2, 0.25) is 6.32 Å². The van der Waals surface area contributed by atoms with E-state index in [1.165, 1.54) is 12.1 Å². The molecule has 0 aliphatic carbocycles. The van der Waals surface area contributed by atoms with E-state index in [0.29, 0.717) is 6.32 Å². The van der Waals surface area contributed by atoms with Gasteiger partial charge in [-0.25, -0.2) is 4.79 Å². The number of carbonyl (C=O) groups is 2. The smallest absolute Gasteiger partial charge is 0.336 e. The van der Waals surface area contributed by atoms with Gasteiger partial charge < -0.3 is 5.11 Å². The highest BCUT2D eigenvalue weighted by Crippen LogP contribution is 2.10. The molecule has 1 aromatic rings. The fourth-order valence-electron chi connectivity index (χ4n) is 1.10. The third-order valence-corrected chi connectivity index (χ3v) is 1.78. The van der Waals surface area contributed by atoms with Crippen LogP contribution in [0.3, 0.4) is 0 Å². The van der Waals surface area contributed by atoms with Crippen molar-refractivity contribution >= 4 is 19.6 Å². The molecule has 1 aromatic carbocycles. The van der Waals surface area contributed by atoms with Crippen LogP contribution in [0.5, 0.6) is 0 Å². The molecule has 0 fully saturated rings. The second kappa shape index (κ2) is 3.89. The second-order valence-electron chi connectivity index (χ2n) is 2.63. The van der Waals surface area contributed by atoms with E-state index in [1.54, 1.807) is 20.0 Å². The standard InChI is InChI=1S/C9H9BO3/c10-5-8(11)6-3-1-2-4-7(6)9(12)13/h1-4H,5,10H2,(H,12,13). The van der Waals surface area contributed by atoms with Gasteiger partial charge in [0.05, 0.1) is 5.56 Å². The number of carboxylic acids is 1. The zero-order chi connectivity index (χ0) is 9.84. The van der Waals surface area contributed by atoms with Crippen LogP contribution in [0.15, 0.2) is 24.3 Å². The van der Waals surface area contributed by atoms with Crippen molar-refractivity contribution in [3.63, 3.8) is 0 Å². The predicted octanol–water partition coefficient (Wildman–Crippen LogP) is 0.619. The van der Waals surface area contributed by atoms with Gasteiger partial charge in [-0.2, -0.15) is 0 Å². The summed E-state index contributed by atoms with van der Waals surface area (Å²) in [5, 5.41) is 8.76. The van der Waals surface area contributed by atoms with E-state index < -0.39 is 5.97 Å². The Labute approximate surface area is 76.8 Å². The summed E-state index contributed by atoms with van der Waals surface area (Å²) in [5.41, 5.74) is 0.367. The number of ketones is 1. The van der Waals surface area contributed by atoms with Gasteiger partial charge in [0.2, 0.25) is 0 Å². The zero-order valence-corrected chi connectivity index (χ0v) is 7.28. The first-order chi connectivity index (χ1) is 6.16. The Bertz CT molecular complexity index is 346. The third kappa shape index (κ3) is 1.96. The number of aromatic carboxylic acids is 1. The predicted molar refractivity (Wildman–Crippen MR) is 51.1 cm³/mol. The van der Waals surface area contributed by atoms with Gasteiger partial charge in [0.15, 0.2) is 5.78 Å². The van der Waals surface area contributed by atoms with E-state index in [0.717, 1.165) is 0 Å². The van der Waals surface area contributed by atoms with Crippen molar-refractivity contribution < 1.29 is 14.7 Å². The number of benzene rings is 1. The molecule has 0 spiro atoms. The molecule has 0 saturated carbocycles. The second-order valence-corrected chi connectivity index (χ2v) is 2.63. The molecule has 0 aliphatic rings. The minimum Gasteiger partial charge on any atom is -0.478 e. The average molecular weight is 176 g/mol. The lowest BCUT2D eigenvalue weighted by Gasteiger charge is -2.01. The van der Waals surface area contributed by atoms with Gasteiger partial charge in [-0.3, -0.25) is 4.79 Å². The summed E-state index contributed by atoms with van der Waals surface area (Å²) in [6.45, 7) is 0. The van der Waals surface area contributed by atoms with E-state index in [2.05, 4.69) is 0 Å². The molecular weight excluding hydrogens is 167 g/mol. The molecule has 1 N–H and O–H groups in total. The zero-order valence-electron chi connectivity index (χ0n) is 7.28. The van der Waals surface area contributed by atoms with Gasteiger partial charge in [0.25, 0.3) is 0 Å². The van der Waals surface area contributed by atoms with Crippen LogP contribution in [0.1, 0.15) is 20.7 Å². The minimum absolute atomic E-state index is 0.0781. The number of hydrogen-bond acceptors (Lipinski definition) is 2. The van der Waals surface area contributed by atoms with Crippen LogP contribution >= 0.6 is 0 Å². The normalized spacial score (nSPS) is 9.54. The number of Topliss-reactive ketones (excluding diaryl/α,β-unsaturated/α-hetero) is 1. The van der Waals surface area contributed by atoms with Crippen molar-refractivity contribution in [2.24, 2.45) is 0 Å². The van der Waals surface area contributed by atoms with Crippen molar-refractivity contribution in [2.75, 3.05) is 0 Å². The summed E-state index contributed by atoms with van der Waals surface area (Å²) < 4.78 is 0. The van der Waals surface area contributed by atoms with Crippen LogP contribution in [0, 0.1) is 0 Å². The number of carbonyl (C=O) groups excluding carboxylic acids is 1. The molecule has 13 heavy (non-hydrogen) atoms. The highest BCUT2D eigenvalue weighted by molar-refractivity contribution is 6.25. The molecule has 0 aromatic heterocycles. The van der Waals surface area contributed by atoms with E-state index in [9.17, 15) is 9.59 Å². The van der Waals surface area contributed by atoms with Crippen molar-refractivity contribution in [1.82, 2.24) is 0 Å². The summed E-state index contributed by atoms with van der Waals surface area (Å²) in [4.78, 5) is 22.0. The van der Waals surface area contributed by atoms with E-state index in [1.807, 2.05) is 0 Å². The summed E-state index contributed by atoms with van der Waals surface area (Å²) in [6.07, 6.45) is 0.324. The molecule has 66 valence electrons. The summed E-state index contributed by atoms with van der Waals surface area (Å²) >= 11 is 0. The Morgan fingerprint density at radius 1 is 1.23 bits per heavy atom. The fourth-order valence-corrected chi connectivity index (χ4v) is 1.10. The van der Waals surface area contributed by atoms with Gasteiger partial charge in [-0.15, -0.1) is 0 Å². The molecule has 3 nitrogen and oxygen atoms in total. The fraction of sp³-hybridized carbons (Fsp3) is 0.111. The number of carboxylic acid groups (broad SMARTS) is 1. The average Bonchev–Trinajstić information content (AvgIpc) is 2.16. The lowest BCUT2D eigenvalue weighted by molar-refractivity contribution is 0.0692. The molecule has 1 rings (SSSR count). The van der Waals surface area contributed by atoms with Gasteiger partial charge in [-0.05, 0) is 12.4 Å². The first kappa shape index (κ1) is 9.51. The van der Waals surface area contributed by atoms with Crippen LogP contribution in [0.25, 0.3) is 0 Å². The Morgan fingerprint density at radius 2 is 1.77 bits per heavy atom. The molecule has 0 unspecified atom stereocenters. The van der Waals surface area contributed by atoms with E-state index in [-0.39, 0.29) is 16.9 Å². The maximum atomic E-state index is 11.3. The highest BCUT2D eigenvalue weighted by Gasteiger charge is 2.13. The first-order valence-corrected chi connectivity index (χ1v) is 4.02. The van der Waals surface area contributed by atoms with Gasteiger partial charge >= 0.3 is 5.97 Å². The SMILES string of the molecule is BCC(=O)c1ccccc1C(=O)O. The lowest BCUT2D eigenvalue weighted by atomic mass is 9.93. The van der Waals surface area contributed by atoms with Crippen LogP contribution < -0.4 is 0 Å². The Hall–Kier alpha value is -1.58. The van der Waals surface area contributed by atoms with Gasteiger partial charge in [0.1, 0.15) is 7.85 Å². The van der Waals surface area contributed by atoms with Gasteiger partial charge in [-0.1, -0.05) is 18.2 Å². The van der Waals surface area contributed by atoms with Crippen molar-refractivity contribution in [3.8, 4) is 0 Å². The van der Waals surface area contributed by atoms with E-state index >= 15 is 0 Å². The van der Waals surface area contributed by atoms with Crippen LogP contribution in [-0.4, -0.2) is 24.7 Å². The Kier molecular flexibility index (Phi) is 2.85. The molecular formula is C9H9BO3. The topological polar surface area (TPSA) is 54.4 Å². The monoisotopic (exact) mass is 176 g/mol. The van der Waals surface area contributed by atoms with Crippen molar-refractivity contribution in [3.05, 3.63) is 35.4 Å². The maximum absolute atomic E-state index is 11.3. The molecule has 0 bridgehead atoms. The number of hydrogen-bond donors (Lipinski definition) is 1. The lowest BCUT2D eigenvalue weighted by Crippen LogP contribution is -2.07. The largest absolute Gasteiger partial charge is 0.478 e. The quantitative estimate of drug-likeness (QED) is 0.542. The van der Waals surface area contributed by atoms with Gasteiger partial charge in [0, 0.05) is 5.56 Å². The Morgan fingerprint density at radius 3 is 2.23 bits per heavy atom. The van der Waals surface area contributed by atoms with Crippen LogP contribution in [0.4, 0.5) is 0 Å². The van der Waals surface area contributed by atoms with Crippen LogP contribution in [-0.2, 0) is 0 Å². The minimum atomic E-state index is -1.06. The first-order valence-electron chi connectivity index (χ1n) is 4.02. The Balaban J connectivity index is 3.19. The highest BCUT2D eigenvalue weighted by atomic mass is 16.4. The molecule has 4 heteroatoms. The molecule has 0 aliphatic heterocycles.